The van der Waals surface area contributed by atoms with Gasteiger partial charge in [-0.05, 0) is 12.1 Å². The van der Waals surface area contributed by atoms with E-state index in [1.54, 1.807) is 12.1 Å². The number of para-hydroxylation sites is 1. The SMILES string of the molecule is Cl.Nc1cccc2c1NCC(=O)N2. The van der Waals surface area contributed by atoms with E-state index in [1.807, 2.05) is 6.07 Å². The van der Waals surface area contributed by atoms with Crippen LogP contribution in [0.5, 0.6) is 0 Å². The van der Waals surface area contributed by atoms with E-state index in [1.165, 1.54) is 0 Å². The summed E-state index contributed by atoms with van der Waals surface area (Å²) in [7, 11) is 0. The molecule has 0 fully saturated rings. The number of carbonyl (C=O) groups is 1. The first kappa shape index (κ1) is 9.67. The van der Waals surface area contributed by atoms with Crippen molar-refractivity contribution < 1.29 is 4.79 Å². The Morgan fingerprint density at radius 3 is 2.92 bits per heavy atom. The zero-order valence-electron chi connectivity index (χ0n) is 6.83. The minimum absolute atomic E-state index is 0. The summed E-state index contributed by atoms with van der Waals surface area (Å²) >= 11 is 0. The van der Waals surface area contributed by atoms with Gasteiger partial charge in [0.25, 0.3) is 0 Å². The fourth-order valence-corrected chi connectivity index (χ4v) is 1.23. The minimum Gasteiger partial charge on any atom is -0.397 e. The van der Waals surface area contributed by atoms with Crippen LogP contribution in [0.1, 0.15) is 0 Å². The summed E-state index contributed by atoms with van der Waals surface area (Å²) in [5.74, 6) is -0.0342. The number of rotatable bonds is 0. The summed E-state index contributed by atoms with van der Waals surface area (Å²) in [4.78, 5) is 10.9. The third-order valence-electron chi connectivity index (χ3n) is 1.80. The number of halogens is 1. The minimum atomic E-state index is -0.0342. The highest BCUT2D eigenvalue weighted by Gasteiger charge is 2.14. The van der Waals surface area contributed by atoms with Crippen LogP contribution in [0.15, 0.2) is 18.2 Å². The van der Waals surface area contributed by atoms with Gasteiger partial charge in [-0.25, -0.2) is 0 Å². The van der Waals surface area contributed by atoms with Crippen LogP contribution >= 0.6 is 12.4 Å². The Kier molecular flexibility index (Phi) is 2.63. The summed E-state index contributed by atoms with van der Waals surface area (Å²) in [6.07, 6.45) is 0. The highest BCUT2D eigenvalue weighted by atomic mass is 35.5. The van der Waals surface area contributed by atoms with Crippen molar-refractivity contribution in [1.82, 2.24) is 0 Å². The number of nitrogens with one attached hydrogen (secondary N) is 2. The molecule has 2 rings (SSSR count). The van der Waals surface area contributed by atoms with Crippen molar-refractivity contribution in [1.29, 1.82) is 0 Å². The lowest BCUT2D eigenvalue weighted by atomic mass is 10.2. The molecule has 0 spiro atoms. The smallest absolute Gasteiger partial charge is 0.243 e. The Morgan fingerprint density at radius 1 is 1.38 bits per heavy atom. The predicted octanol–water partition coefficient (Wildman–Crippen LogP) is 1.05. The van der Waals surface area contributed by atoms with Crippen LogP contribution in [0.3, 0.4) is 0 Å². The first-order chi connectivity index (χ1) is 5.77. The van der Waals surface area contributed by atoms with Crippen LogP contribution in [-0.2, 0) is 4.79 Å². The van der Waals surface area contributed by atoms with E-state index in [-0.39, 0.29) is 18.3 Å². The molecule has 1 aromatic carbocycles. The highest BCUT2D eigenvalue weighted by molar-refractivity contribution is 6.02. The molecule has 5 heteroatoms. The maximum Gasteiger partial charge on any atom is 0.243 e. The van der Waals surface area contributed by atoms with Crippen molar-refractivity contribution in [3.05, 3.63) is 18.2 Å². The molecule has 1 aliphatic heterocycles. The summed E-state index contributed by atoms with van der Waals surface area (Å²) in [5.41, 5.74) is 7.91. The monoisotopic (exact) mass is 199 g/mol. The Labute approximate surface area is 81.9 Å². The largest absolute Gasteiger partial charge is 0.397 e. The highest BCUT2D eigenvalue weighted by Crippen LogP contribution is 2.29. The molecule has 0 unspecified atom stereocenters. The molecular weight excluding hydrogens is 190 g/mol. The van der Waals surface area contributed by atoms with Crippen molar-refractivity contribution >= 4 is 35.4 Å². The van der Waals surface area contributed by atoms with E-state index in [4.69, 9.17) is 5.73 Å². The van der Waals surface area contributed by atoms with Crippen LogP contribution in [-0.4, -0.2) is 12.5 Å². The predicted molar refractivity (Wildman–Crippen MR) is 55.2 cm³/mol. The standard InChI is InChI=1S/C8H9N3O.ClH/c9-5-2-1-3-6-8(5)10-4-7(12)11-6;/h1-3,10H,4,9H2,(H,11,12);1H. The molecule has 0 aromatic heterocycles. The molecular formula is C8H10ClN3O. The van der Waals surface area contributed by atoms with Crippen LogP contribution in [0.4, 0.5) is 17.1 Å². The van der Waals surface area contributed by atoms with E-state index >= 15 is 0 Å². The van der Waals surface area contributed by atoms with Gasteiger partial charge in [-0.3, -0.25) is 4.79 Å². The van der Waals surface area contributed by atoms with Crippen molar-refractivity contribution in [2.45, 2.75) is 0 Å². The normalized spacial score (nSPS) is 13.4. The van der Waals surface area contributed by atoms with Gasteiger partial charge in [0.15, 0.2) is 0 Å². The molecule has 1 heterocycles. The van der Waals surface area contributed by atoms with Crippen molar-refractivity contribution in [3.8, 4) is 0 Å². The molecule has 0 saturated heterocycles. The number of anilines is 3. The molecule has 1 amide bonds. The number of hydrogen-bond donors (Lipinski definition) is 3. The molecule has 0 atom stereocenters. The van der Waals surface area contributed by atoms with Crippen molar-refractivity contribution in [2.75, 3.05) is 22.9 Å². The summed E-state index contributed by atoms with van der Waals surface area (Å²) in [6, 6.07) is 5.42. The van der Waals surface area contributed by atoms with E-state index < -0.39 is 0 Å². The second-order valence-corrected chi connectivity index (χ2v) is 2.67. The van der Waals surface area contributed by atoms with Gasteiger partial charge in [-0.15, -0.1) is 12.4 Å². The fraction of sp³-hybridized carbons (Fsp3) is 0.125. The number of nitrogen functional groups attached to an aromatic ring is 1. The van der Waals surface area contributed by atoms with Gasteiger partial charge >= 0.3 is 0 Å². The van der Waals surface area contributed by atoms with Crippen LogP contribution in [0, 0.1) is 0 Å². The molecule has 0 radical (unpaired) electrons. The summed E-state index contributed by atoms with van der Waals surface area (Å²) in [6.45, 7) is 0.293. The Bertz CT molecular complexity index is 340. The lowest BCUT2D eigenvalue weighted by molar-refractivity contribution is -0.114. The van der Waals surface area contributed by atoms with Crippen LogP contribution in [0.25, 0.3) is 0 Å². The fourth-order valence-electron chi connectivity index (χ4n) is 1.23. The third-order valence-corrected chi connectivity index (χ3v) is 1.80. The number of amides is 1. The van der Waals surface area contributed by atoms with Gasteiger partial charge in [0.05, 0.1) is 23.6 Å². The Balaban J connectivity index is 0.000000845. The summed E-state index contributed by atoms with van der Waals surface area (Å²) < 4.78 is 0. The van der Waals surface area contributed by atoms with E-state index in [0.717, 1.165) is 11.4 Å². The summed E-state index contributed by atoms with van der Waals surface area (Å²) in [5, 5.41) is 5.66. The molecule has 70 valence electrons. The van der Waals surface area contributed by atoms with Gasteiger partial charge in [-0.1, -0.05) is 6.07 Å². The maximum absolute atomic E-state index is 10.9. The van der Waals surface area contributed by atoms with Crippen LogP contribution < -0.4 is 16.4 Å². The van der Waals surface area contributed by atoms with Gasteiger partial charge < -0.3 is 16.4 Å². The molecule has 0 saturated carbocycles. The Morgan fingerprint density at radius 2 is 2.15 bits per heavy atom. The van der Waals surface area contributed by atoms with E-state index in [9.17, 15) is 4.79 Å². The van der Waals surface area contributed by atoms with Crippen molar-refractivity contribution in [3.63, 3.8) is 0 Å². The second-order valence-electron chi connectivity index (χ2n) is 2.67. The second kappa shape index (κ2) is 3.53. The number of benzene rings is 1. The van der Waals surface area contributed by atoms with Gasteiger partial charge in [0.2, 0.25) is 5.91 Å². The molecule has 0 aliphatic carbocycles. The first-order valence-corrected chi connectivity index (χ1v) is 3.69. The molecule has 1 aliphatic rings. The van der Waals surface area contributed by atoms with E-state index in [0.29, 0.717) is 12.2 Å². The number of fused-ring (bicyclic) bond motifs is 1. The molecule has 1 aromatic rings. The first-order valence-electron chi connectivity index (χ1n) is 3.69. The lowest BCUT2D eigenvalue weighted by Crippen LogP contribution is -2.27. The van der Waals surface area contributed by atoms with Crippen LogP contribution in [0.2, 0.25) is 0 Å². The lowest BCUT2D eigenvalue weighted by Gasteiger charge is -2.19. The van der Waals surface area contributed by atoms with Crippen molar-refractivity contribution in [2.24, 2.45) is 0 Å². The number of hydrogen-bond acceptors (Lipinski definition) is 3. The van der Waals surface area contributed by atoms with Gasteiger partial charge in [0.1, 0.15) is 0 Å². The maximum atomic E-state index is 10.9. The quantitative estimate of drug-likeness (QED) is 0.548. The zero-order chi connectivity index (χ0) is 8.55. The molecule has 4 N–H and O–H groups in total. The van der Waals surface area contributed by atoms with Gasteiger partial charge in [-0.2, -0.15) is 0 Å². The third kappa shape index (κ3) is 1.67. The number of nitrogens with two attached hydrogens (primary N) is 1. The zero-order valence-corrected chi connectivity index (χ0v) is 7.65. The molecule has 13 heavy (non-hydrogen) atoms. The molecule has 0 bridgehead atoms. The Hall–Kier alpha value is -1.42. The average molecular weight is 200 g/mol. The number of carbonyl (C=O) groups excluding carboxylic acids is 1. The molecule has 4 nitrogen and oxygen atoms in total. The van der Waals surface area contributed by atoms with Gasteiger partial charge in [0, 0.05) is 0 Å². The average Bonchev–Trinajstić information content (AvgIpc) is 2.04. The van der Waals surface area contributed by atoms with E-state index in [2.05, 4.69) is 10.6 Å². The topological polar surface area (TPSA) is 67.1 Å².